The number of ether oxygens (including phenoxy) is 2. The van der Waals surface area contributed by atoms with E-state index in [0.29, 0.717) is 18.6 Å². The van der Waals surface area contributed by atoms with Gasteiger partial charge in [0.05, 0.1) is 13.2 Å². The third-order valence-corrected chi connectivity index (χ3v) is 6.25. The highest BCUT2D eigenvalue weighted by Gasteiger charge is 2.76. The molecule has 1 aliphatic carbocycles. The molecule has 1 saturated carbocycles. The summed E-state index contributed by atoms with van der Waals surface area (Å²) in [4.78, 5) is 13.1. The van der Waals surface area contributed by atoms with Crippen LogP contribution in [0.5, 0.6) is 5.75 Å². The van der Waals surface area contributed by atoms with E-state index in [1.807, 2.05) is 12.1 Å². The van der Waals surface area contributed by atoms with Crippen molar-refractivity contribution < 1.29 is 27.4 Å². The second kappa shape index (κ2) is 5.87. The van der Waals surface area contributed by atoms with E-state index in [9.17, 15) is 18.0 Å². The number of halogens is 3. The normalized spacial score (nSPS) is 33.2. The Morgan fingerprint density at radius 1 is 1.23 bits per heavy atom. The zero-order chi connectivity index (χ0) is 18.6. The number of likely N-dealkylation sites (tertiary alicyclic amines) is 1. The van der Waals surface area contributed by atoms with Crippen molar-refractivity contribution in [2.24, 2.45) is 0 Å². The fourth-order valence-corrected chi connectivity index (χ4v) is 4.96. The van der Waals surface area contributed by atoms with E-state index in [-0.39, 0.29) is 12.1 Å². The molecular formula is C19H22F3NO3. The summed E-state index contributed by atoms with van der Waals surface area (Å²) in [6, 6.07) is 6.67. The highest BCUT2D eigenvalue weighted by Crippen LogP contribution is 2.64. The Morgan fingerprint density at radius 2 is 1.92 bits per heavy atom. The van der Waals surface area contributed by atoms with Crippen LogP contribution in [0, 0.1) is 0 Å². The first-order chi connectivity index (χ1) is 12.3. The van der Waals surface area contributed by atoms with Crippen molar-refractivity contribution in [1.29, 1.82) is 0 Å². The van der Waals surface area contributed by atoms with Gasteiger partial charge >= 0.3 is 12.1 Å². The van der Waals surface area contributed by atoms with Crippen LogP contribution >= 0.6 is 0 Å². The molecule has 2 heterocycles. The number of rotatable bonds is 3. The maximum absolute atomic E-state index is 13.2. The zero-order valence-corrected chi connectivity index (χ0v) is 14.6. The monoisotopic (exact) mass is 369 g/mol. The van der Waals surface area contributed by atoms with Crippen LogP contribution in [0.25, 0.3) is 0 Å². The first kappa shape index (κ1) is 17.6. The smallest absolute Gasteiger partial charge is 0.471 e. The molecule has 0 N–H and O–H groups in total. The number of nitrogens with zero attached hydrogens (tertiary/aromatic N) is 1. The average molecular weight is 369 g/mol. The molecule has 1 aromatic rings. The Labute approximate surface area is 150 Å². The van der Waals surface area contributed by atoms with Gasteiger partial charge in [-0.25, -0.2) is 0 Å². The summed E-state index contributed by atoms with van der Waals surface area (Å²) >= 11 is 0. The standard InChI is InChI=1S/C19H22F3NO3/c1-25-14-6-4-13(5-7-14)12-15-18-9-3-2-8-17(18,26-18)10-11-23(15)16(24)19(20,21)22/h4-7,15H,2-3,8-12H2,1H3/t15-,17-,18?/m1/s1. The van der Waals surface area contributed by atoms with Gasteiger partial charge in [-0.2, -0.15) is 13.2 Å². The molecule has 1 aromatic carbocycles. The Hall–Kier alpha value is -1.76. The van der Waals surface area contributed by atoms with Crippen LogP contribution < -0.4 is 4.74 Å². The lowest BCUT2D eigenvalue weighted by Gasteiger charge is -2.43. The van der Waals surface area contributed by atoms with E-state index in [1.165, 1.54) is 0 Å². The molecule has 2 aliphatic heterocycles. The van der Waals surface area contributed by atoms with Crippen LogP contribution in [0.4, 0.5) is 13.2 Å². The van der Waals surface area contributed by atoms with E-state index < -0.39 is 23.7 Å². The van der Waals surface area contributed by atoms with Gasteiger partial charge in [-0.15, -0.1) is 0 Å². The minimum absolute atomic E-state index is 0.0981. The Morgan fingerprint density at radius 3 is 2.58 bits per heavy atom. The maximum atomic E-state index is 13.2. The molecule has 26 heavy (non-hydrogen) atoms. The SMILES string of the molecule is COc1ccc(C[C@H]2N(C(=O)C(F)(F)F)CC[C@]34CCCCC23O4)cc1. The molecule has 3 atom stereocenters. The van der Waals surface area contributed by atoms with E-state index in [0.717, 1.165) is 36.1 Å². The molecular weight excluding hydrogens is 347 g/mol. The molecule has 3 fully saturated rings. The van der Waals surface area contributed by atoms with Crippen molar-refractivity contribution in [2.45, 2.75) is 61.9 Å². The van der Waals surface area contributed by atoms with Crippen LogP contribution in [0.15, 0.2) is 24.3 Å². The fourth-order valence-electron chi connectivity index (χ4n) is 4.96. The lowest BCUT2D eigenvalue weighted by Crippen LogP contribution is -2.60. The number of methoxy groups -OCH3 is 1. The number of piperidine rings is 1. The summed E-state index contributed by atoms with van der Waals surface area (Å²) in [6.07, 6.45) is -0.464. The molecule has 0 radical (unpaired) electrons. The highest BCUT2D eigenvalue weighted by atomic mass is 19.4. The number of hydrogen-bond donors (Lipinski definition) is 0. The van der Waals surface area contributed by atoms with E-state index in [1.54, 1.807) is 19.2 Å². The van der Waals surface area contributed by atoms with Gasteiger partial charge in [-0.1, -0.05) is 25.0 Å². The van der Waals surface area contributed by atoms with Crippen LogP contribution in [-0.2, 0) is 16.0 Å². The summed E-state index contributed by atoms with van der Waals surface area (Å²) in [5, 5.41) is 0. The number of epoxide rings is 1. The van der Waals surface area contributed by atoms with Crippen LogP contribution in [0.1, 0.15) is 37.7 Å². The van der Waals surface area contributed by atoms with Gasteiger partial charge in [0, 0.05) is 6.54 Å². The van der Waals surface area contributed by atoms with E-state index in [4.69, 9.17) is 9.47 Å². The summed E-state index contributed by atoms with van der Waals surface area (Å²) in [6.45, 7) is 0.0981. The predicted octanol–water partition coefficient (Wildman–Crippen LogP) is 3.48. The minimum atomic E-state index is -4.86. The average Bonchev–Trinajstić information content (AvgIpc) is 3.32. The van der Waals surface area contributed by atoms with Crippen molar-refractivity contribution in [2.75, 3.05) is 13.7 Å². The molecule has 1 amide bonds. The molecule has 0 aromatic heterocycles. The molecule has 7 heteroatoms. The number of amides is 1. The van der Waals surface area contributed by atoms with Crippen molar-refractivity contribution in [1.82, 2.24) is 4.90 Å². The second-order valence-electron chi connectivity index (χ2n) is 7.51. The summed E-state index contributed by atoms with van der Waals surface area (Å²) < 4.78 is 50.8. The van der Waals surface area contributed by atoms with Crippen molar-refractivity contribution in [3.05, 3.63) is 29.8 Å². The van der Waals surface area contributed by atoms with Gasteiger partial charge in [-0.05, 0) is 43.4 Å². The first-order valence-electron chi connectivity index (χ1n) is 9.02. The van der Waals surface area contributed by atoms with Crippen LogP contribution in [-0.4, -0.2) is 47.9 Å². The molecule has 3 aliphatic rings. The zero-order valence-electron chi connectivity index (χ0n) is 14.6. The van der Waals surface area contributed by atoms with Crippen molar-refractivity contribution >= 4 is 5.91 Å². The summed E-state index contributed by atoms with van der Waals surface area (Å²) in [5.74, 6) is -1.06. The number of hydrogen-bond acceptors (Lipinski definition) is 3. The van der Waals surface area contributed by atoms with E-state index >= 15 is 0 Å². The lowest BCUT2D eigenvalue weighted by atomic mass is 9.69. The maximum Gasteiger partial charge on any atom is 0.471 e. The summed E-state index contributed by atoms with van der Waals surface area (Å²) in [7, 11) is 1.56. The fraction of sp³-hybridized carbons (Fsp3) is 0.632. The van der Waals surface area contributed by atoms with Crippen LogP contribution in [0.3, 0.4) is 0 Å². The summed E-state index contributed by atoms with van der Waals surface area (Å²) in [5.41, 5.74) is -0.0724. The Kier molecular flexibility index (Phi) is 3.99. The highest BCUT2D eigenvalue weighted by molar-refractivity contribution is 5.82. The Balaban J connectivity index is 1.65. The molecule has 0 spiro atoms. The third kappa shape index (κ3) is 2.59. The third-order valence-electron chi connectivity index (χ3n) is 6.25. The largest absolute Gasteiger partial charge is 0.497 e. The second-order valence-corrected chi connectivity index (χ2v) is 7.51. The molecule has 4 nitrogen and oxygen atoms in total. The predicted molar refractivity (Wildman–Crippen MR) is 87.9 cm³/mol. The molecule has 1 unspecified atom stereocenters. The number of benzene rings is 1. The first-order valence-corrected chi connectivity index (χ1v) is 9.02. The van der Waals surface area contributed by atoms with Crippen molar-refractivity contribution in [3.63, 3.8) is 0 Å². The number of carbonyl (C=O) groups is 1. The van der Waals surface area contributed by atoms with Crippen molar-refractivity contribution in [3.8, 4) is 5.75 Å². The van der Waals surface area contributed by atoms with Gasteiger partial charge in [0.2, 0.25) is 0 Å². The van der Waals surface area contributed by atoms with Gasteiger partial charge in [0.1, 0.15) is 17.0 Å². The lowest BCUT2D eigenvalue weighted by molar-refractivity contribution is -0.190. The number of alkyl halides is 3. The molecule has 2 saturated heterocycles. The minimum Gasteiger partial charge on any atom is -0.497 e. The molecule has 0 bridgehead atoms. The molecule has 142 valence electrons. The van der Waals surface area contributed by atoms with Gasteiger partial charge < -0.3 is 14.4 Å². The topological polar surface area (TPSA) is 42.1 Å². The quantitative estimate of drug-likeness (QED) is 0.766. The van der Waals surface area contributed by atoms with E-state index in [2.05, 4.69) is 0 Å². The van der Waals surface area contributed by atoms with Gasteiger partial charge in [-0.3, -0.25) is 4.79 Å². The molecule has 4 rings (SSSR count). The van der Waals surface area contributed by atoms with Gasteiger partial charge in [0.15, 0.2) is 0 Å². The van der Waals surface area contributed by atoms with Gasteiger partial charge in [0.25, 0.3) is 0 Å². The number of carbonyl (C=O) groups excluding carboxylic acids is 1. The Bertz CT molecular complexity index is 705. The van der Waals surface area contributed by atoms with Crippen LogP contribution in [0.2, 0.25) is 0 Å².